The number of nitrogens with one attached hydrogen (secondary N) is 1. The molecule has 0 aliphatic rings. The minimum absolute atomic E-state index is 0.00967. The van der Waals surface area contributed by atoms with Crippen molar-refractivity contribution in [3.63, 3.8) is 0 Å². The lowest BCUT2D eigenvalue weighted by molar-refractivity contribution is -0.162. The van der Waals surface area contributed by atoms with Crippen LogP contribution in [0.15, 0.2) is 24.3 Å². The molecular formula is C16H20F4N2O2. The largest absolute Gasteiger partial charge is 0.406 e. The highest BCUT2D eigenvalue weighted by Gasteiger charge is 2.33. The van der Waals surface area contributed by atoms with E-state index >= 15 is 0 Å². The highest BCUT2D eigenvalue weighted by atomic mass is 19.4. The summed E-state index contributed by atoms with van der Waals surface area (Å²) in [7, 11) is 0. The zero-order valence-electron chi connectivity index (χ0n) is 13.5. The summed E-state index contributed by atoms with van der Waals surface area (Å²) in [5.41, 5.74) is 0.207. The Hall–Kier alpha value is -2.12. The van der Waals surface area contributed by atoms with Crippen LogP contribution in [0.25, 0.3) is 0 Å². The van der Waals surface area contributed by atoms with E-state index in [2.05, 4.69) is 5.32 Å². The van der Waals surface area contributed by atoms with Crippen LogP contribution in [0, 0.1) is 11.7 Å². The second-order valence-electron chi connectivity index (χ2n) is 5.80. The number of nitrogens with zero attached hydrogens (tertiary/aromatic N) is 1. The van der Waals surface area contributed by atoms with E-state index in [9.17, 15) is 27.2 Å². The molecular weight excluding hydrogens is 328 g/mol. The summed E-state index contributed by atoms with van der Waals surface area (Å²) >= 11 is 0. The summed E-state index contributed by atoms with van der Waals surface area (Å²) < 4.78 is 50.3. The summed E-state index contributed by atoms with van der Waals surface area (Å²) in [5.74, 6) is -1.79. The smallest absolute Gasteiger partial charge is 0.352 e. The Morgan fingerprint density at radius 3 is 2.25 bits per heavy atom. The number of hydrogen-bond donors (Lipinski definition) is 1. The maximum absolute atomic E-state index is 12.8. The Labute approximate surface area is 137 Å². The van der Waals surface area contributed by atoms with E-state index in [4.69, 9.17) is 0 Å². The van der Waals surface area contributed by atoms with E-state index < -0.39 is 30.4 Å². The van der Waals surface area contributed by atoms with Crippen LogP contribution in [0.3, 0.4) is 0 Å². The molecule has 0 radical (unpaired) electrons. The second-order valence-corrected chi connectivity index (χ2v) is 5.80. The summed E-state index contributed by atoms with van der Waals surface area (Å²) in [6, 6.07) is 4.80. The minimum Gasteiger partial charge on any atom is -0.352 e. The van der Waals surface area contributed by atoms with Gasteiger partial charge in [0.1, 0.15) is 12.4 Å². The molecule has 24 heavy (non-hydrogen) atoms. The molecule has 1 aromatic carbocycles. The standard InChI is InChI=1S/C16H20F4N2O2/c1-11(2)9-22(10-16(18,19)20)14(23)7-8-21-15(24)12-3-5-13(17)6-4-12/h3-6,11H,7-10H2,1-2H3,(H,21,24). The highest BCUT2D eigenvalue weighted by molar-refractivity contribution is 5.94. The van der Waals surface area contributed by atoms with Crippen molar-refractivity contribution in [1.29, 1.82) is 0 Å². The van der Waals surface area contributed by atoms with Gasteiger partial charge >= 0.3 is 6.18 Å². The molecule has 1 rings (SSSR count). The highest BCUT2D eigenvalue weighted by Crippen LogP contribution is 2.18. The second kappa shape index (κ2) is 8.65. The number of hydrogen-bond acceptors (Lipinski definition) is 2. The Morgan fingerprint density at radius 2 is 1.75 bits per heavy atom. The quantitative estimate of drug-likeness (QED) is 0.770. The molecule has 0 atom stereocenters. The van der Waals surface area contributed by atoms with Crippen molar-refractivity contribution in [3.05, 3.63) is 35.6 Å². The number of carbonyl (C=O) groups is 2. The van der Waals surface area contributed by atoms with Crippen LogP contribution in [0.1, 0.15) is 30.6 Å². The van der Waals surface area contributed by atoms with Gasteiger partial charge in [-0.3, -0.25) is 9.59 Å². The van der Waals surface area contributed by atoms with E-state index in [0.717, 1.165) is 17.0 Å². The molecule has 0 fully saturated rings. The van der Waals surface area contributed by atoms with Crippen LogP contribution in [-0.4, -0.2) is 42.5 Å². The van der Waals surface area contributed by atoms with Gasteiger partial charge < -0.3 is 10.2 Å². The van der Waals surface area contributed by atoms with Crippen molar-refractivity contribution in [1.82, 2.24) is 10.2 Å². The van der Waals surface area contributed by atoms with Crippen molar-refractivity contribution < 1.29 is 27.2 Å². The molecule has 8 heteroatoms. The van der Waals surface area contributed by atoms with Crippen molar-refractivity contribution in [3.8, 4) is 0 Å². The molecule has 1 aromatic rings. The minimum atomic E-state index is -4.47. The zero-order valence-corrected chi connectivity index (χ0v) is 13.5. The number of alkyl halides is 3. The molecule has 134 valence electrons. The van der Waals surface area contributed by atoms with E-state index in [1.807, 2.05) is 0 Å². The monoisotopic (exact) mass is 348 g/mol. The van der Waals surface area contributed by atoms with Gasteiger partial charge in [0.15, 0.2) is 0 Å². The van der Waals surface area contributed by atoms with Crippen molar-refractivity contribution >= 4 is 11.8 Å². The third-order valence-corrected chi connectivity index (χ3v) is 3.04. The molecule has 2 amide bonds. The lowest BCUT2D eigenvalue weighted by atomic mass is 10.2. The molecule has 0 aliphatic heterocycles. The van der Waals surface area contributed by atoms with Crippen LogP contribution in [0.2, 0.25) is 0 Å². The summed E-state index contributed by atoms with van der Waals surface area (Å²) in [4.78, 5) is 24.5. The average molecular weight is 348 g/mol. The molecule has 0 aromatic heterocycles. The number of rotatable bonds is 7. The molecule has 0 heterocycles. The molecule has 0 aliphatic carbocycles. The molecule has 0 unspecified atom stereocenters. The van der Waals surface area contributed by atoms with E-state index in [1.165, 1.54) is 12.1 Å². The molecule has 0 bridgehead atoms. The number of carbonyl (C=O) groups excluding carboxylic acids is 2. The normalized spacial score (nSPS) is 11.5. The summed E-state index contributed by atoms with van der Waals surface area (Å²) in [6.07, 6.45) is -4.71. The van der Waals surface area contributed by atoms with Crippen molar-refractivity contribution in [2.45, 2.75) is 26.4 Å². The van der Waals surface area contributed by atoms with Gasteiger partial charge in [-0.2, -0.15) is 13.2 Å². The first-order chi connectivity index (χ1) is 11.1. The third-order valence-electron chi connectivity index (χ3n) is 3.04. The third kappa shape index (κ3) is 7.43. The van der Waals surface area contributed by atoms with Crippen LogP contribution < -0.4 is 5.32 Å². The molecule has 0 saturated heterocycles. The van der Waals surface area contributed by atoms with Gasteiger partial charge in [-0.15, -0.1) is 0 Å². The van der Waals surface area contributed by atoms with Gasteiger partial charge in [0.2, 0.25) is 5.91 Å². The lowest BCUT2D eigenvalue weighted by Gasteiger charge is -2.25. The molecule has 0 saturated carbocycles. The first kappa shape index (κ1) is 19.9. The topological polar surface area (TPSA) is 49.4 Å². The van der Waals surface area contributed by atoms with Crippen LogP contribution >= 0.6 is 0 Å². The van der Waals surface area contributed by atoms with Gasteiger partial charge in [-0.1, -0.05) is 13.8 Å². The van der Waals surface area contributed by atoms with Crippen molar-refractivity contribution in [2.24, 2.45) is 5.92 Å². The zero-order chi connectivity index (χ0) is 18.3. The van der Waals surface area contributed by atoms with Crippen LogP contribution in [0.5, 0.6) is 0 Å². The first-order valence-corrected chi connectivity index (χ1v) is 7.47. The Kier molecular flexibility index (Phi) is 7.18. The van der Waals surface area contributed by atoms with Gasteiger partial charge in [-0.25, -0.2) is 4.39 Å². The van der Waals surface area contributed by atoms with Gasteiger partial charge in [0, 0.05) is 25.1 Å². The summed E-state index contributed by atoms with van der Waals surface area (Å²) in [6.45, 7) is 2.02. The maximum atomic E-state index is 12.8. The fourth-order valence-electron chi connectivity index (χ4n) is 2.06. The van der Waals surface area contributed by atoms with E-state index in [-0.39, 0.29) is 31.0 Å². The van der Waals surface area contributed by atoms with Crippen LogP contribution in [0.4, 0.5) is 17.6 Å². The maximum Gasteiger partial charge on any atom is 0.406 e. The Bertz CT molecular complexity index is 556. The fraction of sp³-hybridized carbons (Fsp3) is 0.500. The van der Waals surface area contributed by atoms with Crippen LogP contribution in [-0.2, 0) is 4.79 Å². The number of amides is 2. The van der Waals surface area contributed by atoms with E-state index in [0.29, 0.717) is 0 Å². The van der Waals surface area contributed by atoms with Gasteiger partial charge in [0.25, 0.3) is 5.91 Å². The predicted octanol–water partition coefficient (Wildman–Crippen LogP) is 2.99. The fourth-order valence-corrected chi connectivity index (χ4v) is 2.06. The molecule has 0 spiro atoms. The molecule has 1 N–H and O–H groups in total. The van der Waals surface area contributed by atoms with Gasteiger partial charge in [-0.05, 0) is 30.2 Å². The SMILES string of the molecule is CC(C)CN(CC(F)(F)F)C(=O)CCNC(=O)c1ccc(F)cc1. The van der Waals surface area contributed by atoms with Crippen molar-refractivity contribution in [2.75, 3.05) is 19.6 Å². The number of benzene rings is 1. The first-order valence-electron chi connectivity index (χ1n) is 7.47. The molecule has 4 nitrogen and oxygen atoms in total. The Morgan fingerprint density at radius 1 is 1.17 bits per heavy atom. The Balaban J connectivity index is 2.52. The van der Waals surface area contributed by atoms with E-state index in [1.54, 1.807) is 13.8 Å². The number of halogens is 4. The average Bonchev–Trinajstić information content (AvgIpc) is 2.45. The summed E-state index contributed by atoms with van der Waals surface area (Å²) in [5, 5.41) is 2.43. The predicted molar refractivity (Wildman–Crippen MR) is 80.8 cm³/mol. The lowest BCUT2D eigenvalue weighted by Crippen LogP contribution is -2.42. The van der Waals surface area contributed by atoms with Gasteiger partial charge in [0.05, 0.1) is 0 Å².